The summed E-state index contributed by atoms with van der Waals surface area (Å²) < 4.78 is 17.7. The molecule has 0 unspecified atom stereocenters. The molecule has 0 saturated heterocycles. The predicted octanol–water partition coefficient (Wildman–Crippen LogP) is 2.91. The molecule has 0 bridgehead atoms. The Kier molecular flexibility index (Phi) is 5.54. The number of phenolic OH excluding ortho intramolecular Hbond substituents is 1. The highest BCUT2D eigenvalue weighted by molar-refractivity contribution is 6.33. The van der Waals surface area contributed by atoms with Crippen molar-refractivity contribution in [2.75, 3.05) is 11.9 Å². The maximum absolute atomic E-state index is 12.9. The number of carbonyl (C=O) groups is 2. The maximum Gasteiger partial charge on any atom is 0.310 e. The summed E-state index contributed by atoms with van der Waals surface area (Å²) in [4.78, 5) is 23.3. The first-order chi connectivity index (χ1) is 10.9. The van der Waals surface area contributed by atoms with Crippen molar-refractivity contribution in [3.63, 3.8) is 0 Å². The van der Waals surface area contributed by atoms with Gasteiger partial charge in [0.2, 0.25) is 0 Å². The van der Waals surface area contributed by atoms with E-state index < -0.39 is 24.3 Å². The fraction of sp³-hybridized carbons (Fsp3) is 0.125. The molecule has 5 nitrogen and oxygen atoms in total. The van der Waals surface area contributed by atoms with Crippen LogP contribution in [0.5, 0.6) is 5.75 Å². The van der Waals surface area contributed by atoms with Gasteiger partial charge >= 0.3 is 5.97 Å². The normalized spacial score (nSPS) is 10.2. The first-order valence-corrected chi connectivity index (χ1v) is 7.00. The van der Waals surface area contributed by atoms with Crippen LogP contribution in [0.1, 0.15) is 5.56 Å². The standard InChI is InChI=1S/C16H13ClFNO4/c17-13-8-11(18)3-6-14(13)19-15(21)9-23-16(22)7-10-1-4-12(20)5-2-10/h1-6,8,20H,7,9H2,(H,19,21). The molecule has 2 rings (SSSR count). The van der Waals surface area contributed by atoms with E-state index in [1.165, 1.54) is 18.2 Å². The van der Waals surface area contributed by atoms with Gasteiger partial charge in [0.25, 0.3) is 5.91 Å². The number of halogens is 2. The molecule has 1 amide bonds. The Balaban J connectivity index is 1.81. The Morgan fingerprint density at radius 3 is 2.52 bits per heavy atom. The van der Waals surface area contributed by atoms with Gasteiger partial charge in [-0.25, -0.2) is 4.39 Å². The molecule has 0 aliphatic carbocycles. The lowest BCUT2D eigenvalue weighted by Crippen LogP contribution is -2.21. The zero-order chi connectivity index (χ0) is 16.8. The first-order valence-electron chi connectivity index (χ1n) is 6.62. The minimum absolute atomic E-state index is 0.0230. The third-order valence-corrected chi connectivity index (χ3v) is 3.17. The monoisotopic (exact) mass is 337 g/mol. The van der Waals surface area contributed by atoms with Gasteiger partial charge < -0.3 is 15.2 Å². The van der Waals surface area contributed by atoms with Crippen molar-refractivity contribution >= 4 is 29.2 Å². The molecule has 0 saturated carbocycles. The van der Waals surface area contributed by atoms with Crippen LogP contribution in [0.3, 0.4) is 0 Å². The van der Waals surface area contributed by atoms with E-state index >= 15 is 0 Å². The first kappa shape index (κ1) is 16.8. The Hall–Kier alpha value is -2.60. The van der Waals surface area contributed by atoms with Gasteiger partial charge in [-0.1, -0.05) is 23.7 Å². The summed E-state index contributed by atoms with van der Waals surface area (Å²) in [5, 5.41) is 11.6. The lowest BCUT2D eigenvalue weighted by atomic mass is 10.1. The SMILES string of the molecule is O=C(COC(=O)Cc1ccc(O)cc1)Nc1ccc(F)cc1Cl. The second-order valence-electron chi connectivity index (χ2n) is 4.68. The number of anilines is 1. The maximum atomic E-state index is 12.9. The number of hydrogen-bond acceptors (Lipinski definition) is 4. The Bertz CT molecular complexity index is 719. The zero-order valence-electron chi connectivity index (χ0n) is 11.9. The van der Waals surface area contributed by atoms with Crippen molar-refractivity contribution in [3.05, 3.63) is 58.9 Å². The smallest absolute Gasteiger partial charge is 0.310 e. The number of hydrogen-bond donors (Lipinski definition) is 2. The van der Waals surface area contributed by atoms with E-state index in [0.717, 1.165) is 12.1 Å². The molecule has 0 aliphatic heterocycles. The summed E-state index contributed by atoms with van der Waals surface area (Å²) in [6, 6.07) is 9.59. The summed E-state index contributed by atoms with van der Waals surface area (Å²) in [6.45, 7) is -0.482. The van der Waals surface area contributed by atoms with Crippen LogP contribution in [-0.4, -0.2) is 23.6 Å². The van der Waals surface area contributed by atoms with Gasteiger partial charge in [0.05, 0.1) is 17.1 Å². The lowest BCUT2D eigenvalue weighted by molar-refractivity contribution is -0.146. The topological polar surface area (TPSA) is 75.6 Å². The summed E-state index contributed by atoms with van der Waals surface area (Å²) in [6.07, 6.45) is -0.0230. The van der Waals surface area contributed by atoms with Gasteiger partial charge in [-0.2, -0.15) is 0 Å². The van der Waals surface area contributed by atoms with Gasteiger partial charge in [-0.15, -0.1) is 0 Å². The molecule has 2 aromatic rings. The number of rotatable bonds is 5. The Morgan fingerprint density at radius 2 is 1.87 bits per heavy atom. The van der Waals surface area contributed by atoms with Crippen LogP contribution >= 0.6 is 11.6 Å². The third kappa shape index (κ3) is 5.27. The molecule has 0 heterocycles. The van der Waals surface area contributed by atoms with E-state index in [9.17, 15) is 14.0 Å². The van der Waals surface area contributed by atoms with Gasteiger partial charge in [0.1, 0.15) is 11.6 Å². The molecule has 0 radical (unpaired) electrons. The molecule has 0 atom stereocenters. The highest BCUT2D eigenvalue weighted by Gasteiger charge is 2.11. The molecule has 0 aliphatic rings. The quantitative estimate of drug-likeness (QED) is 0.823. The molecule has 7 heteroatoms. The van der Waals surface area contributed by atoms with Crippen molar-refractivity contribution < 1.29 is 23.8 Å². The summed E-state index contributed by atoms with van der Waals surface area (Å²) >= 11 is 5.77. The third-order valence-electron chi connectivity index (χ3n) is 2.85. The summed E-state index contributed by atoms with van der Waals surface area (Å²) in [5.41, 5.74) is 0.877. The lowest BCUT2D eigenvalue weighted by Gasteiger charge is -2.08. The summed E-state index contributed by atoms with van der Waals surface area (Å²) in [5.74, 6) is -1.60. The second-order valence-corrected chi connectivity index (χ2v) is 5.08. The van der Waals surface area contributed by atoms with Crippen molar-refractivity contribution in [2.45, 2.75) is 6.42 Å². The van der Waals surface area contributed by atoms with E-state index in [-0.39, 0.29) is 22.9 Å². The van der Waals surface area contributed by atoms with Crippen molar-refractivity contribution in [1.82, 2.24) is 0 Å². The molecule has 2 N–H and O–H groups in total. The molecule has 0 aromatic heterocycles. The van der Waals surface area contributed by atoms with Crippen molar-refractivity contribution in [3.8, 4) is 5.75 Å². The van der Waals surface area contributed by atoms with E-state index in [4.69, 9.17) is 21.4 Å². The Labute approximate surface area is 136 Å². The van der Waals surface area contributed by atoms with E-state index in [1.807, 2.05) is 0 Å². The molecular formula is C16H13ClFNO4. The van der Waals surface area contributed by atoms with Crippen LogP contribution in [0.25, 0.3) is 0 Å². The van der Waals surface area contributed by atoms with Crippen molar-refractivity contribution in [1.29, 1.82) is 0 Å². The van der Waals surface area contributed by atoms with Crippen LogP contribution in [-0.2, 0) is 20.7 Å². The van der Waals surface area contributed by atoms with Gasteiger partial charge in [0.15, 0.2) is 6.61 Å². The number of benzene rings is 2. The molecule has 2 aromatic carbocycles. The van der Waals surface area contributed by atoms with Crippen LogP contribution < -0.4 is 5.32 Å². The van der Waals surface area contributed by atoms with Gasteiger partial charge in [-0.3, -0.25) is 9.59 Å². The van der Waals surface area contributed by atoms with Crippen LogP contribution in [0.15, 0.2) is 42.5 Å². The average Bonchev–Trinajstić information content (AvgIpc) is 2.50. The van der Waals surface area contributed by atoms with Crippen LogP contribution in [0, 0.1) is 5.82 Å². The summed E-state index contributed by atoms with van der Waals surface area (Å²) in [7, 11) is 0. The second kappa shape index (κ2) is 7.60. The van der Waals surface area contributed by atoms with Crippen LogP contribution in [0.2, 0.25) is 5.02 Å². The van der Waals surface area contributed by atoms with E-state index in [0.29, 0.717) is 5.56 Å². The Morgan fingerprint density at radius 1 is 1.17 bits per heavy atom. The molecule has 0 fully saturated rings. The molecule has 23 heavy (non-hydrogen) atoms. The van der Waals surface area contributed by atoms with Crippen LogP contribution in [0.4, 0.5) is 10.1 Å². The molecule has 120 valence electrons. The number of phenols is 1. The van der Waals surface area contributed by atoms with Gasteiger partial charge in [-0.05, 0) is 35.9 Å². The number of esters is 1. The number of aromatic hydroxyl groups is 1. The number of nitrogens with one attached hydrogen (secondary N) is 1. The largest absolute Gasteiger partial charge is 0.508 e. The van der Waals surface area contributed by atoms with Crippen molar-refractivity contribution in [2.24, 2.45) is 0 Å². The highest BCUT2D eigenvalue weighted by Crippen LogP contribution is 2.22. The number of amides is 1. The fourth-order valence-corrected chi connectivity index (χ4v) is 1.97. The van der Waals surface area contributed by atoms with Gasteiger partial charge in [0, 0.05) is 0 Å². The highest BCUT2D eigenvalue weighted by atomic mass is 35.5. The minimum atomic E-state index is -0.587. The molecule has 0 spiro atoms. The van der Waals surface area contributed by atoms with E-state index in [1.54, 1.807) is 12.1 Å². The zero-order valence-corrected chi connectivity index (χ0v) is 12.6. The predicted molar refractivity (Wildman–Crippen MR) is 82.8 cm³/mol. The van der Waals surface area contributed by atoms with E-state index in [2.05, 4.69) is 5.32 Å². The number of ether oxygens (including phenoxy) is 1. The average molecular weight is 338 g/mol. The number of carbonyl (C=O) groups excluding carboxylic acids is 2. The minimum Gasteiger partial charge on any atom is -0.508 e. The molecular weight excluding hydrogens is 325 g/mol. The fourth-order valence-electron chi connectivity index (χ4n) is 1.75.